The van der Waals surface area contributed by atoms with Gasteiger partial charge in [-0.15, -0.1) is 0 Å². The van der Waals surface area contributed by atoms with Crippen molar-refractivity contribution in [1.29, 1.82) is 0 Å². The first-order valence-electron chi connectivity index (χ1n) is 4.84. The Kier molecular flexibility index (Phi) is 3.14. The average molecular weight is 213 g/mol. The van der Waals surface area contributed by atoms with Gasteiger partial charge in [-0.25, -0.2) is 4.39 Å². The molecule has 0 saturated carbocycles. The standard InChI is InChI=1S/C10H16FN3O/c1-3-10(11,13)6(2)7-4-8(12)9(15)14-5-7/h4-6H,3,12-13H2,1-2H3,(H,14,15). The van der Waals surface area contributed by atoms with Gasteiger partial charge in [-0.1, -0.05) is 13.8 Å². The zero-order chi connectivity index (χ0) is 11.6. The van der Waals surface area contributed by atoms with Crippen molar-refractivity contribution >= 4 is 5.69 Å². The summed E-state index contributed by atoms with van der Waals surface area (Å²) in [5, 5.41) is 0. The van der Waals surface area contributed by atoms with Crippen LogP contribution in [-0.2, 0) is 0 Å². The zero-order valence-corrected chi connectivity index (χ0v) is 8.88. The number of nitrogens with one attached hydrogen (secondary N) is 1. The van der Waals surface area contributed by atoms with Crippen molar-refractivity contribution in [1.82, 2.24) is 4.98 Å². The van der Waals surface area contributed by atoms with E-state index in [1.807, 2.05) is 0 Å². The first-order valence-corrected chi connectivity index (χ1v) is 4.84. The number of hydrogen-bond donors (Lipinski definition) is 3. The fraction of sp³-hybridized carbons (Fsp3) is 0.500. The Labute approximate surface area is 87.5 Å². The lowest BCUT2D eigenvalue weighted by Gasteiger charge is -2.26. The fourth-order valence-electron chi connectivity index (χ4n) is 1.35. The highest BCUT2D eigenvalue weighted by atomic mass is 19.1. The minimum absolute atomic E-state index is 0.0752. The Balaban J connectivity index is 3.07. The van der Waals surface area contributed by atoms with Crippen LogP contribution in [-0.4, -0.2) is 10.8 Å². The maximum Gasteiger partial charge on any atom is 0.271 e. The van der Waals surface area contributed by atoms with E-state index in [0.29, 0.717) is 5.56 Å². The molecule has 15 heavy (non-hydrogen) atoms. The van der Waals surface area contributed by atoms with Crippen LogP contribution < -0.4 is 17.0 Å². The van der Waals surface area contributed by atoms with Crippen LogP contribution in [0.5, 0.6) is 0 Å². The number of rotatable bonds is 3. The number of hydrogen-bond acceptors (Lipinski definition) is 3. The number of anilines is 1. The quantitative estimate of drug-likeness (QED) is 0.657. The van der Waals surface area contributed by atoms with Crippen molar-refractivity contribution in [3.05, 3.63) is 28.2 Å². The maximum absolute atomic E-state index is 13.8. The molecule has 4 nitrogen and oxygen atoms in total. The van der Waals surface area contributed by atoms with E-state index in [1.165, 1.54) is 12.3 Å². The van der Waals surface area contributed by atoms with E-state index in [2.05, 4.69) is 4.98 Å². The van der Waals surface area contributed by atoms with E-state index >= 15 is 0 Å². The number of nitrogens with two attached hydrogens (primary N) is 2. The van der Waals surface area contributed by atoms with Gasteiger partial charge in [0.05, 0.1) is 5.69 Å². The molecule has 2 unspecified atom stereocenters. The first-order chi connectivity index (χ1) is 6.88. The molecular formula is C10H16FN3O. The molecule has 0 radical (unpaired) electrons. The summed E-state index contributed by atoms with van der Waals surface area (Å²) in [6.45, 7) is 3.34. The zero-order valence-electron chi connectivity index (χ0n) is 8.88. The summed E-state index contributed by atoms with van der Waals surface area (Å²) in [7, 11) is 0. The van der Waals surface area contributed by atoms with Gasteiger partial charge in [-0.05, 0) is 18.1 Å². The van der Waals surface area contributed by atoms with Gasteiger partial charge < -0.3 is 10.7 Å². The van der Waals surface area contributed by atoms with E-state index in [9.17, 15) is 9.18 Å². The minimum atomic E-state index is -1.79. The van der Waals surface area contributed by atoms with E-state index < -0.39 is 11.7 Å². The van der Waals surface area contributed by atoms with Crippen molar-refractivity contribution in [3.8, 4) is 0 Å². The van der Waals surface area contributed by atoms with Crippen LogP contribution in [0, 0.1) is 0 Å². The molecule has 1 aromatic rings. The van der Waals surface area contributed by atoms with Crippen LogP contribution in [0.1, 0.15) is 31.7 Å². The minimum Gasteiger partial charge on any atom is -0.394 e. The van der Waals surface area contributed by atoms with Crippen LogP contribution in [0.15, 0.2) is 17.1 Å². The molecule has 0 aliphatic heterocycles. The highest BCUT2D eigenvalue weighted by molar-refractivity contribution is 5.38. The molecule has 0 bridgehead atoms. The molecule has 1 heterocycles. The Bertz CT molecular complexity index is 400. The van der Waals surface area contributed by atoms with E-state index in [-0.39, 0.29) is 17.7 Å². The van der Waals surface area contributed by atoms with Crippen LogP contribution >= 0.6 is 0 Å². The number of aromatic nitrogens is 1. The molecule has 1 aromatic heterocycles. The summed E-state index contributed by atoms with van der Waals surface area (Å²) in [6.07, 6.45) is 1.65. The molecule has 5 N–H and O–H groups in total. The second-order valence-corrected chi connectivity index (χ2v) is 3.72. The van der Waals surface area contributed by atoms with Gasteiger partial charge in [-0.2, -0.15) is 0 Å². The summed E-state index contributed by atoms with van der Waals surface area (Å²) in [4.78, 5) is 13.4. The molecule has 0 spiro atoms. The summed E-state index contributed by atoms with van der Waals surface area (Å²) >= 11 is 0. The topological polar surface area (TPSA) is 84.9 Å². The fourth-order valence-corrected chi connectivity index (χ4v) is 1.35. The molecule has 84 valence electrons. The van der Waals surface area contributed by atoms with E-state index in [1.54, 1.807) is 13.8 Å². The third-order valence-corrected chi connectivity index (χ3v) is 2.72. The second-order valence-electron chi connectivity index (χ2n) is 3.72. The van der Waals surface area contributed by atoms with Crippen LogP contribution in [0.2, 0.25) is 0 Å². The van der Waals surface area contributed by atoms with E-state index in [0.717, 1.165) is 0 Å². The Morgan fingerprint density at radius 2 is 2.27 bits per heavy atom. The Hall–Kier alpha value is -1.36. The van der Waals surface area contributed by atoms with Gasteiger partial charge in [0.15, 0.2) is 5.79 Å². The van der Waals surface area contributed by atoms with Crippen molar-refractivity contribution in [2.45, 2.75) is 32.0 Å². The number of aromatic amines is 1. The third kappa shape index (κ3) is 2.36. The van der Waals surface area contributed by atoms with Crippen molar-refractivity contribution in [2.75, 3.05) is 5.73 Å². The van der Waals surface area contributed by atoms with Gasteiger partial charge in [0.1, 0.15) is 0 Å². The number of pyridine rings is 1. The highest BCUT2D eigenvalue weighted by Gasteiger charge is 2.30. The lowest BCUT2D eigenvalue weighted by atomic mass is 9.91. The van der Waals surface area contributed by atoms with E-state index in [4.69, 9.17) is 11.5 Å². The van der Waals surface area contributed by atoms with Gasteiger partial charge >= 0.3 is 0 Å². The largest absolute Gasteiger partial charge is 0.394 e. The smallest absolute Gasteiger partial charge is 0.271 e. The number of nitrogen functional groups attached to an aromatic ring is 1. The van der Waals surface area contributed by atoms with Crippen LogP contribution in [0.4, 0.5) is 10.1 Å². The molecule has 5 heteroatoms. The Morgan fingerprint density at radius 3 is 2.73 bits per heavy atom. The lowest BCUT2D eigenvalue weighted by molar-refractivity contribution is 0.133. The van der Waals surface area contributed by atoms with Gasteiger partial charge in [0.25, 0.3) is 5.56 Å². The monoisotopic (exact) mass is 213 g/mol. The molecule has 0 aliphatic carbocycles. The first kappa shape index (κ1) is 11.7. The van der Waals surface area contributed by atoms with Gasteiger partial charge in [0.2, 0.25) is 0 Å². The summed E-state index contributed by atoms with van der Waals surface area (Å²) in [5.74, 6) is -2.30. The molecule has 2 atom stereocenters. The molecule has 0 amide bonds. The third-order valence-electron chi connectivity index (χ3n) is 2.72. The molecular weight excluding hydrogens is 197 g/mol. The number of halogens is 1. The normalized spacial score (nSPS) is 17.1. The average Bonchev–Trinajstić information content (AvgIpc) is 2.21. The predicted octanol–water partition coefficient (Wildman–Crippen LogP) is 1.10. The second kappa shape index (κ2) is 4.02. The Morgan fingerprint density at radius 1 is 1.67 bits per heavy atom. The highest BCUT2D eigenvalue weighted by Crippen LogP contribution is 2.29. The summed E-state index contributed by atoms with van der Waals surface area (Å²) in [6, 6.07) is 1.46. The summed E-state index contributed by atoms with van der Waals surface area (Å²) < 4.78 is 13.8. The summed E-state index contributed by atoms with van der Waals surface area (Å²) in [5.41, 5.74) is 11.2. The molecule has 0 aliphatic rings. The van der Waals surface area contributed by atoms with Crippen LogP contribution in [0.3, 0.4) is 0 Å². The maximum atomic E-state index is 13.8. The van der Waals surface area contributed by atoms with Gasteiger partial charge in [0, 0.05) is 12.1 Å². The van der Waals surface area contributed by atoms with Crippen molar-refractivity contribution < 1.29 is 4.39 Å². The predicted molar refractivity (Wildman–Crippen MR) is 58.2 cm³/mol. The molecule has 0 saturated heterocycles. The van der Waals surface area contributed by atoms with Crippen molar-refractivity contribution in [2.24, 2.45) is 5.73 Å². The lowest BCUT2D eigenvalue weighted by Crippen LogP contribution is -2.39. The SMILES string of the molecule is CCC(N)(F)C(C)c1c[nH]c(=O)c(N)c1. The van der Waals surface area contributed by atoms with Crippen molar-refractivity contribution in [3.63, 3.8) is 0 Å². The molecule has 1 rings (SSSR count). The molecule has 0 aromatic carbocycles. The van der Waals surface area contributed by atoms with Crippen LogP contribution in [0.25, 0.3) is 0 Å². The van der Waals surface area contributed by atoms with Gasteiger partial charge in [-0.3, -0.25) is 10.5 Å². The number of alkyl halides is 1. The molecule has 0 fully saturated rings. The number of H-pyrrole nitrogens is 1.